The minimum atomic E-state index is -0.934. The largest absolute Gasteiger partial charge is 0.481 e. The number of benzene rings is 1. The summed E-state index contributed by atoms with van der Waals surface area (Å²) in [7, 11) is 0. The van der Waals surface area contributed by atoms with Crippen molar-refractivity contribution in [1.82, 2.24) is 0 Å². The second-order valence-corrected chi connectivity index (χ2v) is 17.3. The van der Waals surface area contributed by atoms with Crippen LogP contribution in [0.15, 0.2) is 48.1 Å². The Labute approximate surface area is 264 Å². The number of carboxylic acid groups (broad SMARTS) is 1. The van der Waals surface area contributed by atoms with Gasteiger partial charge in [-0.2, -0.15) is 0 Å². The van der Waals surface area contributed by atoms with Crippen LogP contribution in [-0.2, 0) is 14.3 Å². The van der Waals surface area contributed by atoms with E-state index in [0.29, 0.717) is 31.1 Å². The zero-order valence-electron chi connectivity index (χ0n) is 28.0. The van der Waals surface area contributed by atoms with Gasteiger partial charge in [-0.15, -0.1) is 0 Å². The highest BCUT2D eigenvalue weighted by atomic mass is 16.5. The molecule has 0 unspecified atom stereocenters. The molecule has 5 aliphatic rings. The number of aliphatic hydroxyl groups excluding tert-OH is 1. The quantitative estimate of drug-likeness (QED) is 0.205. The first kappa shape index (κ1) is 31.6. The van der Waals surface area contributed by atoms with E-state index in [1.54, 1.807) is 6.08 Å². The second-order valence-electron chi connectivity index (χ2n) is 17.3. The van der Waals surface area contributed by atoms with E-state index in [-0.39, 0.29) is 39.1 Å². The molecule has 0 heterocycles. The van der Waals surface area contributed by atoms with Crippen LogP contribution in [0.5, 0.6) is 0 Å². The van der Waals surface area contributed by atoms with Crippen LogP contribution in [0.1, 0.15) is 112 Å². The van der Waals surface area contributed by atoms with Gasteiger partial charge in [0.15, 0.2) is 0 Å². The summed E-state index contributed by atoms with van der Waals surface area (Å²) < 4.78 is 6.09. The van der Waals surface area contributed by atoms with Crippen molar-refractivity contribution < 1.29 is 24.5 Å². The molecule has 0 spiro atoms. The van der Waals surface area contributed by atoms with E-state index in [2.05, 4.69) is 54.5 Å². The molecule has 1 aromatic carbocycles. The van der Waals surface area contributed by atoms with Gasteiger partial charge in [0.05, 0.1) is 11.5 Å². The Kier molecular flexibility index (Phi) is 7.40. The van der Waals surface area contributed by atoms with Gasteiger partial charge in [-0.3, -0.25) is 4.79 Å². The fourth-order valence-corrected chi connectivity index (χ4v) is 11.7. The number of hydrogen-bond donors (Lipinski definition) is 2. The highest BCUT2D eigenvalue weighted by Gasteiger charge is 2.70. The smallest absolute Gasteiger partial charge is 0.331 e. The topological polar surface area (TPSA) is 83.8 Å². The van der Waals surface area contributed by atoms with Gasteiger partial charge in [0, 0.05) is 17.9 Å². The molecule has 240 valence electrons. The number of aliphatic hydroxyl groups is 1. The van der Waals surface area contributed by atoms with Gasteiger partial charge in [-0.05, 0) is 102 Å². The second kappa shape index (κ2) is 10.3. The minimum absolute atomic E-state index is 0.0705. The summed E-state index contributed by atoms with van der Waals surface area (Å²) in [5.41, 5.74) is 1.05. The monoisotopic (exact) mass is 602 g/mol. The predicted molar refractivity (Wildman–Crippen MR) is 173 cm³/mol. The number of aliphatic carboxylic acids is 1. The Morgan fingerprint density at radius 2 is 1.59 bits per heavy atom. The fraction of sp³-hybridized carbons (Fsp3) is 0.692. The molecule has 6 rings (SSSR count). The molecule has 1 aromatic rings. The molecule has 0 radical (unpaired) electrons. The lowest BCUT2D eigenvalue weighted by Gasteiger charge is -2.71. The van der Waals surface area contributed by atoms with E-state index in [1.807, 2.05) is 30.3 Å². The molecular weight excluding hydrogens is 548 g/mol. The Bertz CT molecular complexity index is 1370. The van der Waals surface area contributed by atoms with E-state index in [4.69, 9.17) is 4.74 Å². The van der Waals surface area contributed by atoms with Crippen molar-refractivity contribution in [3.05, 3.63) is 53.6 Å². The van der Waals surface area contributed by atoms with Gasteiger partial charge >= 0.3 is 11.9 Å². The summed E-state index contributed by atoms with van der Waals surface area (Å²) in [6.45, 7) is 16.3. The van der Waals surface area contributed by atoms with Crippen molar-refractivity contribution in [2.45, 2.75) is 118 Å². The summed E-state index contributed by atoms with van der Waals surface area (Å²) >= 11 is 0. The zero-order chi connectivity index (χ0) is 31.9. The van der Waals surface area contributed by atoms with Crippen molar-refractivity contribution >= 4 is 18.0 Å². The van der Waals surface area contributed by atoms with Gasteiger partial charge in [-0.25, -0.2) is 4.79 Å². The predicted octanol–water partition coefficient (Wildman–Crippen LogP) is 8.47. The molecule has 4 fully saturated rings. The van der Waals surface area contributed by atoms with Gasteiger partial charge in [0.2, 0.25) is 0 Å². The average Bonchev–Trinajstić information content (AvgIpc) is 2.95. The highest BCUT2D eigenvalue weighted by molar-refractivity contribution is 5.87. The molecule has 2 N–H and O–H groups in total. The third-order valence-electron chi connectivity index (χ3n) is 14.7. The first-order chi connectivity index (χ1) is 20.5. The molecule has 4 saturated carbocycles. The molecule has 0 bridgehead atoms. The number of ether oxygens (including phenoxy) is 1. The van der Waals surface area contributed by atoms with Crippen LogP contribution in [0.2, 0.25) is 0 Å². The van der Waals surface area contributed by atoms with Gasteiger partial charge in [-0.1, -0.05) is 90.4 Å². The normalized spacial score (nSPS) is 43.9. The number of rotatable bonds is 4. The number of carbonyl (C=O) groups is 2. The van der Waals surface area contributed by atoms with E-state index >= 15 is 0 Å². The van der Waals surface area contributed by atoms with Crippen LogP contribution in [0.25, 0.3) is 6.08 Å². The van der Waals surface area contributed by atoms with Crippen molar-refractivity contribution in [3.63, 3.8) is 0 Å². The van der Waals surface area contributed by atoms with Crippen LogP contribution in [-0.4, -0.2) is 34.4 Å². The Morgan fingerprint density at radius 1 is 0.886 bits per heavy atom. The maximum Gasteiger partial charge on any atom is 0.331 e. The molecule has 0 aliphatic heterocycles. The summed E-state index contributed by atoms with van der Waals surface area (Å²) in [5, 5.41) is 21.9. The van der Waals surface area contributed by atoms with Crippen LogP contribution in [0.4, 0.5) is 0 Å². The van der Waals surface area contributed by atoms with E-state index in [9.17, 15) is 19.8 Å². The molecule has 5 aliphatic carbocycles. The lowest BCUT2D eigenvalue weighted by molar-refractivity contribution is -0.210. The van der Waals surface area contributed by atoms with Crippen LogP contribution >= 0.6 is 0 Å². The summed E-state index contributed by atoms with van der Waals surface area (Å²) in [6.07, 6.45) is 12.6. The first-order valence-electron chi connectivity index (χ1n) is 17.1. The Hall–Kier alpha value is -2.40. The zero-order valence-corrected chi connectivity index (χ0v) is 28.0. The standard InChI is InChI=1S/C39H54O5/c1-34(2)23-27-26-14-15-29-36(5)19-18-30(40)35(3,4)28(36)17-20-38(29,7)37(26,6)21-22-39(27,33(42)43)24-31(34)44-32(41)16-13-25-11-9-8-10-12-25/h8-14,16,27-31,40H,15,17-24H2,1-7H3,(H,42,43)/b16-13+/t27-,28-,29+,30-,31-,36-,37+,38+,39+/m0/s1. The Morgan fingerprint density at radius 3 is 2.27 bits per heavy atom. The maximum atomic E-state index is 13.3. The van der Waals surface area contributed by atoms with Crippen molar-refractivity contribution in [2.24, 2.45) is 50.2 Å². The van der Waals surface area contributed by atoms with Crippen molar-refractivity contribution in [3.8, 4) is 0 Å². The van der Waals surface area contributed by atoms with Gasteiger partial charge < -0.3 is 14.9 Å². The molecule has 0 saturated heterocycles. The van der Waals surface area contributed by atoms with Gasteiger partial charge in [0.1, 0.15) is 6.10 Å². The SMILES string of the molecule is CC1(C)C[C@H]2C3=CC[C@@H]4[C@@]5(C)CC[C@H](O)C(C)(C)[C@@H]5CC[C@@]4(C)[C@]3(C)CC[C@@]2(C(=O)O)C[C@@H]1OC(=O)/C=C/c1ccccc1. The maximum absolute atomic E-state index is 13.3. The number of carbonyl (C=O) groups excluding carboxylic acids is 1. The molecule has 0 aromatic heterocycles. The third-order valence-corrected chi connectivity index (χ3v) is 14.7. The highest BCUT2D eigenvalue weighted by Crippen LogP contribution is 2.75. The van der Waals surface area contributed by atoms with Crippen molar-refractivity contribution in [2.75, 3.05) is 0 Å². The third kappa shape index (κ3) is 4.42. The number of esters is 1. The molecule has 0 amide bonds. The number of carboxylic acids is 1. The number of allylic oxidation sites excluding steroid dienone is 2. The van der Waals surface area contributed by atoms with E-state index in [0.717, 1.165) is 44.1 Å². The lowest BCUT2D eigenvalue weighted by Crippen LogP contribution is -2.65. The fourth-order valence-electron chi connectivity index (χ4n) is 11.7. The molecular formula is C39H54O5. The van der Waals surface area contributed by atoms with Crippen LogP contribution in [0, 0.1) is 50.2 Å². The van der Waals surface area contributed by atoms with Crippen LogP contribution < -0.4 is 0 Å². The molecule has 5 heteroatoms. The molecule has 44 heavy (non-hydrogen) atoms. The summed E-state index contributed by atoms with van der Waals surface area (Å²) in [4.78, 5) is 26.4. The number of hydrogen-bond acceptors (Lipinski definition) is 4. The summed E-state index contributed by atoms with van der Waals surface area (Å²) in [5.74, 6) is -0.237. The molecule has 5 nitrogen and oxygen atoms in total. The first-order valence-corrected chi connectivity index (χ1v) is 17.1. The van der Waals surface area contributed by atoms with Crippen molar-refractivity contribution in [1.29, 1.82) is 0 Å². The van der Waals surface area contributed by atoms with E-state index < -0.39 is 23.5 Å². The molecule has 9 atom stereocenters. The average molecular weight is 603 g/mol. The van der Waals surface area contributed by atoms with Crippen LogP contribution in [0.3, 0.4) is 0 Å². The Balaban J connectivity index is 1.31. The summed E-state index contributed by atoms with van der Waals surface area (Å²) in [6, 6.07) is 9.67. The number of fused-ring (bicyclic) bond motifs is 7. The lowest BCUT2D eigenvalue weighted by atomic mass is 9.33. The minimum Gasteiger partial charge on any atom is -0.481 e. The van der Waals surface area contributed by atoms with E-state index in [1.165, 1.54) is 11.6 Å². The van der Waals surface area contributed by atoms with Gasteiger partial charge in [0.25, 0.3) is 0 Å².